The molecule has 0 saturated carbocycles. The zero-order valence-electron chi connectivity index (χ0n) is 17.5. The summed E-state index contributed by atoms with van der Waals surface area (Å²) in [6.07, 6.45) is 4.08. The van der Waals surface area contributed by atoms with Gasteiger partial charge in [-0.2, -0.15) is 0 Å². The summed E-state index contributed by atoms with van der Waals surface area (Å²) < 4.78 is 15.0. The number of para-hydroxylation sites is 1. The topological polar surface area (TPSA) is 54.3 Å². The van der Waals surface area contributed by atoms with E-state index in [4.69, 9.17) is 0 Å². The van der Waals surface area contributed by atoms with E-state index >= 15 is 0 Å². The van der Waals surface area contributed by atoms with Crippen molar-refractivity contribution in [1.82, 2.24) is 9.47 Å². The molecule has 1 N–H and O–H groups in total. The molecule has 0 aliphatic carbocycles. The number of amides is 2. The average Bonchev–Trinajstić information content (AvgIpc) is 3.12. The zero-order valence-corrected chi connectivity index (χ0v) is 18.3. The molecular weight excluding hydrogens is 413 g/mol. The SMILES string of the molecule is CC1CCN(C(=O)Cn2cc(SCC(=O)Nc3ccc(F)cc3)c3ccccc32)CC1. The van der Waals surface area contributed by atoms with E-state index in [0.717, 1.165) is 41.7 Å². The maximum absolute atomic E-state index is 13.0. The summed E-state index contributed by atoms with van der Waals surface area (Å²) in [5.41, 5.74) is 1.55. The van der Waals surface area contributed by atoms with E-state index in [1.807, 2.05) is 39.9 Å². The van der Waals surface area contributed by atoms with E-state index in [2.05, 4.69) is 12.2 Å². The van der Waals surface area contributed by atoms with Gasteiger partial charge in [-0.05, 0) is 49.1 Å². The number of hydrogen-bond donors (Lipinski definition) is 1. The van der Waals surface area contributed by atoms with E-state index in [-0.39, 0.29) is 23.4 Å². The highest BCUT2D eigenvalue weighted by atomic mass is 32.2. The summed E-state index contributed by atoms with van der Waals surface area (Å²) in [5, 5.41) is 3.81. The van der Waals surface area contributed by atoms with Crippen molar-refractivity contribution in [3.05, 3.63) is 60.5 Å². The van der Waals surface area contributed by atoms with Crippen LogP contribution < -0.4 is 5.32 Å². The van der Waals surface area contributed by atoms with Crippen molar-refractivity contribution in [2.75, 3.05) is 24.2 Å². The number of anilines is 1. The average molecular weight is 440 g/mol. The molecule has 0 spiro atoms. The molecule has 2 amide bonds. The van der Waals surface area contributed by atoms with E-state index in [9.17, 15) is 14.0 Å². The van der Waals surface area contributed by atoms with Gasteiger partial charge in [-0.3, -0.25) is 9.59 Å². The minimum atomic E-state index is -0.339. The number of rotatable bonds is 6. The number of hydrogen-bond acceptors (Lipinski definition) is 3. The molecule has 162 valence electrons. The van der Waals surface area contributed by atoms with Gasteiger partial charge in [0.2, 0.25) is 11.8 Å². The molecule has 1 fully saturated rings. The monoisotopic (exact) mass is 439 g/mol. The molecule has 0 radical (unpaired) electrons. The van der Waals surface area contributed by atoms with Crippen molar-refractivity contribution in [3.63, 3.8) is 0 Å². The Kier molecular flexibility index (Phi) is 6.61. The molecular formula is C24H26FN3O2S. The lowest BCUT2D eigenvalue weighted by Crippen LogP contribution is -2.39. The number of carbonyl (C=O) groups is 2. The van der Waals surface area contributed by atoms with Gasteiger partial charge in [0.25, 0.3) is 0 Å². The molecule has 2 heterocycles. The Morgan fingerprint density at radius 1 is 1.10 bits per heavy atom. The van der Waals surface area contributed by atoms with Gasteiger partial charge in [-0.25, -0.2) is 4.39 Å². The molecule has 5 nitrogen and oxygen atoms in total. The first-order valence-corrected chi connectivity index (χ1v) is 11.5. The van der Waals surface area contributed by atoms with Gasteiger partial charge in [0.1, 0.15) is 12.4 Å². The molecule has 0 atom stereocenters. The van der Waals surface area contributed by atoms with Crippen LogP contribution in [0, 0.1) is 11.7 Å². The van der Waals surface area contributed by atoms with E-state index < -0.39 is 0 Å². The third-order valence-corrected chi connectivity index (χ3v) is 6.72. The third kappa shape index (κ3) is 5.28. The first-order valence-electron chi connectivity index (χ1n) is 10.5. The number of halogens is 1. The van der Waals surface area contributed by atoms with Gasteiger partial charge in [-0.15, -0.1) is 11.8 Å². The lowest BCUT2D eigenvalue weighted by Gasteiger charge is -2.30. The predicted molar refractivity (Wildman–Crippen MR) is 123 cm³/mol. The third-order valence-electron chi connectivity index (χ3n) is 5.68. The van der Waals surface area contributed by atoms with Gasteiger partial charge >= 0.3 is 0 Å². The largest absolute Gasteiger partial charge is 0.341 e. The lowest BCUT2D eigenvalue weighted by molar-refractivity contribution is -0.133. The van der Waals surface area contributed by atoms with E-state index in [0.29, 0.717) is 18.2 Å². The fourth-order valence-corrected chi connectivity index (χ4v) is 4.72. The van der Waals surface area contributed by atoms with Crippen molar-refractivity contribution in [2.24, 2.45) is 5.92 Å². The van der Waals surface area contributed by atoms with Crippen LogP contribution in [0.1, 0.15) is 19.8 Å². The van der Waals surface area contributed by atoms with Crippen LogP contribution in [0.5, 0.6) is 0 Å². The summed E-state index contributed by atoms with van der Waals surface area (Å²) in [7, 11) is 0. The number of benzene rings is 2. The summed E-state index contributed by atoms with van der Waals surface area (Å²) >= 11 is 1.43. The number of nitrogens with zero attached hydrogens (tertiary/aromatic N) is 2. The fraction of sp³-hybridized carbons (Fsp3) is 0.333. The zero-order chi connectivity index (χ0) is 21.8. The number of aromatic nitrogens is 1. The molecule has 0 unspecified atom stereocenters. The fourth-order valence-electron chi connectivity index (χ4n) is 3.84. The van der Waals surface area contributed by atoms with E-state index in [1.165, 1.54) is 36.0 Å². The first-order chi connectivity index (χ1) is 15.0. The molecule has 31 heavy (non-hydrogen) atoms. The summed E-state index contributed by atoms with van der Waals surface area (Å²) in [4.78, 5) is 28.1. The molecule has 4 rings (SSSR count). The second-order valence-corrected chi connectivity index (χ2v) is 9.06. The minimum absolute atomic E-state index is 0.137. The van der Waals surface area contributed by atoms with Crippen molar-refractivity contribution < 1.29 is 14.0 Å². The van der Waals surface area contributed by atoms with Crippen molar-refractivity contribution in [1.29, 1.82) is 0 Å². The second kappa shape index (κ2) is 9.56. The van der Waals surface area contributed by atoms with Crippen molar-refractivity contribution in [3.8, 4) is 0 Å². The number of nitrogens with one attached hydrogen (secondary N) is 1. The van der Waals surface area contributed by atoms with Crippen LogP contribution in [0.2, 0.25) is 0 Å². The van der Waals surface area contributed by atoms with Gasteiger partial charge < -0.3 is 14.8 Å². The molecule has 1 aliphatic heterocycles. The highest BCUT2D eigenvalue weighted by Crippen LogP contribution is 2.30. The Hall–Kier alpha value is -2.80. The minimum Gasteiger partial charge on any atom is -0.341 e. The first kappa shape index (κ1) is 21.4. The van der Waals surface area contributed by atoms with Gasteiger partial charge in [0.05, 0.1) is 5.75 Å². The maximum atomic E-state index is 13.0. The molecule has 2 aromatic carbocycles. The molecule has 1 aliphatic rings. The second-order valence-electron chi connectivity index (χ2n) is 8.05. The Bertz CT molecular complexity index is 1070. The molecule has 3 aromatic rings. The van der Waals surface area contributed by atoms with Crippen LogP contribution in [0.4, 0.5) is 10.1 Å². The maximum Gasteiger partial charge on any atom is 0.242 e. The number of carbonyl (C=O) groups excluding carboxylic acids is 2. The van der Waals surface area contributed by atoms with Gasteiger partial charge in [-0.1, -0.05) is 25.1 Å². The summed E-state index contributed by atoms with van der Waals surface area (Å²) in [5.74, 6) is 0.545. The van der Waals surface area contributed by atoms with Crippen LogP contribution in [-0.2, 0) is 16.1 Å². The van der Waals surface area contributed by atoms with Crippen LogP contribution >= 0.6 is 11.8 Å². The highest BCUT2D eigenvalue weighted by Gasteiger charge is 2.21. The summed E-state index contributed by atoms with van der Waals surface area (Å²) in [6.45, 7) is 4.18. The highest BCUT2D eigenvalue weighted by molar-refractivity contribution is 8.00. The number of piperidine rings is 1. The van der Waals surface area contributed by atoms with Crippen molar-refractivity contribution >= 4 is 40.2 Å². The standard InChI is InChI=1S/C24H26FN3O2S/c1-17-10-12-27(13-11-17)24(30)15-28-14-22(20-4-2-3-5-21(20)28)31-16-23(29)26-19-8-6-18(25)7-9-19/h2-9,14,17H,10-13,15-16H2,1H3,(H,26,29). The van der Waals surface area contributed by atoms with Crippen LogP contribution in [0.15, 0.2) is 59.6 Å². The smallest absolute Gasteiger partial charge is 0.242 e. The Morgan fingerprint density at radius 3 is 2.55 bits per heavy atom. The number of thioether (sulfide) groups is 1. The Balaban J connectivity index is 1.43. The van der Waals surface area contributed by atoms with Gasteiger partial charge in [0, 0.05) is 40.8 Å². The molecule has 0 bridgehead atoms. The van der Waals surface area contributed by atoms with Crippen LogP contribution in [0.25, 0.3) is 10.9 Å². The predicted octanol–water partition coefficient (Wildman–Crippen LogP) is 4.77. The van der Waals surface area contributed by atoms with Crippen molar-refractivity contribution in [2.45, 2.75) is 31.2 Å². The Labute approximate surface area is 185 Å². The van der Waals surface area contributed by atoms with Gasteiger partial charge in [0.15, 0.2) is 0 Å². The summed E-state index contributed by atoms with van der Waals surface area (Å²) in [6, 6.07) is 13.6. The molecule has 1 saturated heterocycles. The molecule has 1 aromatic heterocycles. The van der Waals surface area contributed by atoms with Crippen LogP contribution in [0.3, 0.4) is 0 Å². The number of fused-ring (bicyclic) bond motifs is 1. The number of likely N-dealkylation sites (tertiary alicyclic amines) is 1. The van der Waals surface area contributed by atoms with E-state index in [1.54, 1.807) is 0 Å². The van der Waals surface area contributed by atoms with Crippen LogP contribution in [-0.4, -0.2) is 40.1 Å². The quantitative estimate of drug-likeness (QED) is 0.563. The molecule has 7 heteroatoms. The lowest BCUT2D eigenvalue weighted by atomic mass is 9.99. The normalized spacial score (nSPS) is 14.7. The Morgan fingerprint density at radius 2 is 1.81 bits per heavy atom.